The van der Waals surface area contributed by atoms with E-state index in [2.05, 4.69) is 25.8 Å². The lowest BCUT2D eigenvalue weighted by Crippen LogP contribution is -2.78. The molecule has 1 spiro atoms. The molecule has 3 saturated heterocycles. The molecule has 0 amide bonds. The van der Waals surface area contributed by atoms with Gasteiger partial charge in [0.25, 0.3) is 0 Å². The first kappa shape index (κ1) is 15.3. The molecule has 1 aromatic heterocycles. The zero-order valence-electron chi connectivity index (χ0n) is 14.3. The summed E-state index contributed by atoms with van der Waals surface area (Å²) < 4.78 is 0. The normalized spacial score (nSPS) is 33.5. The summed E-state index contributed by atoms with van der Waals surface area (Å²) in [5.74, 6) is 0.970. The van der Waals surface area contributed by atoms with Gasteiger partial charge < -0.3 is 5.11 Å². The van der Waals surface area contributed by atoms with Crippen molar-refractivity contribution in [3.05, 3.63) is 30.1 Å². The molecule has 5 heteroatoms. The van der Waals surface area contributed by atoms with Crippen LogP contribution >= 0.6 is 0 Å². The minimum Gasteiger partial charge on any atom is -0.392 e. The molecular formula is C19H28N4O. The molecule has 0 bridgehead atoms. The number of aromatic nitrogens is 1. The smallest absolute Gasteiger partial charge is 0.0682 e. The Kier molecular flexibility index (Phi) is 3.67. The summed E-state index contributed by atoms with van der Waals surface area (Å²) in [5.41, 5.74) is 1.58. The Bertz CT molecular complexity index is 584. The summed E-state index contributed by atoms with van der Waals surface area (Å²) in [6.45, 7) is 7.75. The van der Waals surface area contributed by atoms with E-state index in [1.165, 1.54) is 38.0 Å². The highest BCUT2D eigenvalue weighted by Gasteiger charge is 2.56. The van der Waals surface area contributed by atoms with E-state index >= 15 is 0 Å². The van der Waals surface area contributed by atoms with Gasteiger partial charge in [-0.3, -0.25) is 19.7 Å². The lowest BCUT2D eigenvalue weighted by atomic mass is 9.83. The van der Waals surface area contributed by atoms with Gasteiger partial charge in [-0.05, 0) is 36.8 Å². The van der Waals surface area contributed by atoms with E-state index in [0.717, 1.165) is 38.5 Å². The number of hydrogen-bond acceptors (Lipinski definition) is 5. The Morgan fingerprint density at radius 3 is 2.75 bits per heavy atom. The third kappa shape index (κ3) is 2.77. The van der Waals surface area contributed by atoms with Crippen LogP contribution in [0.5, 0.6) is 0 Å². The van der Waals surface area contributed by atoms with Crippen LogP contribution in [0, 0.1) is 5.92 Å². The number of pyridine rings is 1. The standard InChI is InChI=1S/C19H28N4O/c24-18-6-17-10-21(9-16-2-1-5-20-7-16)12-19(23(17)11-18)13-22(14-19)8-15-3-4-15/h1-2,5,7,15,17-18,24H,3-4,6,8-14H2/t17-,18-/m1/s1. The second kappa shape index (κ2) is 5.77. The zero-order chi connectivity index (χ0) is 16.1. The van der Waals surface area contributed by atoms with Gasteiger partial charge in [0.1, 0.15) is 0 Å². The summed E-state index contributed by atoms with van der Waals surface area (Å²) >= 11 is 0. The van der Waals surface area contributed by atoms with Crippen LogP contribution in [-0.4, -0.2) is 81.7 Å². The molecule has 4 fully saturated rings. The van der Waals surface area contributed by atoms with Gasteiger partial charge in [-0.25, -0.2) is 0 Å². The van der Waals surface area contributed by atoms with Crippen molar-refractivity contribution in [2.45, 2.75) is 43.5 Å². The summed E-state index contributed by atoms with van der Waals surface area (Å²) in [5, 5.41) is 10.2. The van der Waals surface area contributed by atoms with Crippen molar-refractivity contribution in [3.63, 3.8) is 0 Å². The molecule has 1 aliphatic carbocycles. The molecule has 0 unspecified atom stereocenters. The molecule has 4 heterocycles. The Morgan fingerprint density at radius 1 is 1.17 bits per heavy atom. The van der Waals surface area contributed by atoms with Crippen LogP contribution in [0.3, 0.4) is 0 Å². The van der Waals surface area contributed by atoms with Crippen molar-refractivity contribution in [3.8, 4) is 0 Å². The van der Waals surface area contributed by atoms with Crippen molar-refractivity contribution >= 4 is 0 Å². The van der Waals surface area contributed by atoms with Crippen LogP contribution in [-0.2, 0) is 6.54 Å². The van der Waals surface area contributed by atoms with Gasteiger partial charge in [-0.2, -0.15) is 0 Å². The molecule has 24 heavy (non-hydrogen) atoms. The number of aliphatic hydroxyl groups is 1. The highest BCUT2D eigenvalue weighted by molar-refractivity contribution is 5.15. The summed E-state index contributed by atoms with van der Waals surface area (Å²) in [4.78, 5) is 12.2. The minimum atomic E-state index is -0.136. The average molecular weight is 328 g/mol. The number of likely N-dealkylation sites (tertiary alicyclic amines) is 1. The first-order valence-electron chi connectivity index (χ1n) is 9.49. The van der Waals surface area contributed by atoms with E-state index in [1.807, 2.05) is 18.5 Å². The Hall–Kier alpha value is -1.01. The maximum absolute atomic E-state index is 10.2. The van der Waals surface area contributed by atoms with Gasteiger partial charge in [0.15, 0.2) is 0 Å². The molecular weight excluding hydrogens is 300 g/mol. The predicted molar refractivity (Wildman–Crippen MR) is 92.5 cm³/mol. The van der Waals surface area contributed by atoms with Crippen molar-refractivity contribution < 1.29 is 5.11 Å². The molecule has 0 aromatic carbocycles. The second-order valence-electron chi connectivity index (χ2n) is 8.56. The van der Waals surface area contributed by atoms with Gasteiger partial charge in [0, 0.05) is 64.2 Å². The molecule has 2 atom stereocenters. The molecule has 1 aromatic rings. The summed E-state index contributed by atoms with van der Waals surface area (Å²) in [6.07, 6.45) is 7.50. The van der Waals surface area contributed by atoms with Crippen LogP contribution in [0.25, 0.3) is 0 Å². The Morgan fingerprint density at radius 2 is 2.00 bits per heavy atom. The lowest BCUT2D eigenvalue weighted by Gasteiger charge is -2.61. The maximum Gasteiger partial charge on any atom is 0.0682 e. The van der Waals surface area contributed by atoms with E-state index in [0.29, 0.717) is 6.04 Å². The van der Waals surface area contributed by atoms with Gasteiger partial charge in [0.2, 0.25) is 0 Å². The number of aliphatic hydroxyl groups excluding tert-OH is 1. The molecule has 3 aliphatic heterocycles. The van der Waals surface area contributed by atoms with Crippen molar-refractivity contribution in [1.29, 1.82) is 0 Å². The topological polar surface area (TPSA) is 42.8 Å². The van der Waals surface area contributed by atoms with Crippen LogP contribution in [0.4, 0.5) is 0 Å². The van der Waals surface area contributed by atoms with Crippen molar-refractivity contribution in [1.82, 2.24) is 19.7 Å². The third-order valence-electron chi connectivity index (χ3n) is 6.37. The van der Waals surface area contributed by atoms with E-state index < -0.39 is 0 Å². The molecule has 1 N–H and O–H groups in total. The van der Waals surface area contributed by atoms with Crippen LogP contribution < -0.4 is 0 Å². The van der Waals surface area contributed by atoms with E-state index in [4.69, 9.17) is 0 Å². The largest absolute Gasteiger partial charge is 0.392 e. The second-order valence-corrected chi connectivity index (χ2v) is 8.56. The van der Waals surface area contributed by atoms with Crippen LogP contribution in [0.1, 0.15) is 24.8 Å². The minimum absolute atomic E-state index is 0.136. The third-order valence-corrected chi connectivity index (χ3v) is 6.37. The van der Waals surface area contributed by atoms with Crippen molar-refractivity contribution in [2.75, 3.05) is 39.3 Å². The summed E-state index contributed by atoms with van der Waals surface area (Å²) in [7, 11) is 0. The SMILES string of the molecule is O[C@@H]1C[C@@H]2CN(Cc3cccnc3)CC3(CN(CC4CC4)C3)N2C1. The molecule has 4 aliphatic rings. The van der Waals surface area contributed by atoms with E-state index in [-0.39, 0.29) is 11.6 Å². The fourth-order valence-electron chi connectivity index (χ4n) is 5.25. The quantitative estimate of drug-likeness (QED) is 0.885. The maximum atomic E-state index is 10.2. The molecule has 5 nitrogen and oxygen atoms in total. The number of nitrogens with zero attached hydrogens (tertiary/aromatic N) is 4. The first-order valence-corrected chi connectivity index (χ1v) is 9.49. The monoisotopic (exact) mass is 328 g/mol. The highest BCUT2D eigenvalue weighted by atomic mass is 16.3. The molecule has 0 radical (unpaired) electrons. The zero-order valence-corrected chi connectivity index (χ0v) is 14.3. The van der Waals surface area contributed by atoms with Gasteiger partial charge in [-0.1, -0.05) is 6.07 Å². The van der Waals surface area contributed by atoms with E-state index in [1.54, 1.807) is 0 Å². The molecule has 130 valence electrons. The highest BCUT2D eigenvalue weighted by Crippen LogP contribution is 2.41. The molecule has 5 rings (SSSR count). The predicted octanol–water partition coefficient (Wildman–Crippen LogP) is 0.797. The van der Waals surface area contributed by atoms with Crippen molar-refractivity contribution in [2.24, 2.45) is 5.92 Å². The number of piperazine rings is 1. The number of fused-ring (bicyclic) bond motifs is 2. The first-order chi connectivity index (χ1) is 11.7. The number of rotatable bonds is 4. The lowest BCUT2D eigenvalue weighted by molar-refractivity contribution is -0.116. The van der Waals surface area contributed by atoms with Gasteiger partial charge in [-0.15, -0.1) is 0 Å². The van der Waals surface area contributed by atoms with Crippen LogP contribution in [0.15, 0.2) is 24.5 Å². The van der Waals surface area contributed by atoms with Gasteiger partial charge in [0.05, 0.1) is 11.6 Å². The Balaban J connectivity index is 1.30. The van der Waals surface area contributed by atoms with Gasteiger partial charge >= 0.3 is 0 Å². The molecule has 1 saturated carbocycles. The Labute approximate surface area is 144 Å². The summed E-state index contributed by atoms with van der Waals surface area (Å²) in [6, 6.07) is 4.73. The fraction of sp³-hybridized carbons (Fsp3) is 0.737. The van der Waals surface area contributed by atoms with Crippen LogP contribution in [0.2, 0.25) is 0 Å². The number of β-amino-alcohol motifs (C(OH)–C–C–N with tert-alkyl or cyclic N) is 1. The fourth-order valence-corrected chi connectivity index (χ4v) is 5.25. The average Bonchev–Trinajstić information content (AvgIpc) is 3.26. The van der Waals surface area contributed by atoms with E-state index in [9.17, 15) is 5.11 Å². The number of hydrogen-bond donors (Lipinski definition) is 1.